The number of hydrogen-bond donors (Lipinski definition) is 1. The second-order valence-electron chi connectivity index (χ2n) is 6.97. The molecule has 1 N–H and O–H groups in total. The molecule has 0 spiro atoms. The second kappa shape index (κ2) is 8.81. The maximum Gasteiger partial charge on any atom is 0.337 e. The molecule has 0 atom stereocenters. The van der Waals surface area contributed by atoms with Crippen molar-refractivity contribution in [1.82, 2.24) is 14.8 Å². The normalized spacial score (nSPS) is 14.4. The summed E-state index contributed by atoms with van der Waals surface area (Å²) in [5.74, 6) is -1.86. The first-order valence-electron chi connectivity index (χ1n) is 9.37. The highest BCUT2D eigenvalue weighted by atomic mass is 19.1. The van der Waals surface area contributed by atoms with Crippen LogP contribution in [-0.2, 0) is 11.2 Å². The largest absolute Gasteiger partial charge is 0.478 e. The lowest BCUT2D eigenvalue weighted by Gasteiger charge is -2.22. The van der Waals surface area contributed by atoms with Gasteiger partial charge in [-0.2, -0.15) is 0 Å². The molecule has 2 amide bonds. The van der Waals surface area contributed by atoms with Crippen molar-refractivity contribution in [3.63, 3.8) is 0 Å². The van der Waals surface area contributed by atoms with E-state index >= 15 is 0 Å². The van der Waals surface area contributed by atoms with E-state index in [-0.39, 0.29) is 41.0 Å². The minimum absolute atomic E-state index is 0.0616. The van der Waals surface area contributed by atoms with Crippen molar-refractivity contribution in [3.05, 3.63) is 64.7 Å². The van der Waals surface area contributed by atoms with Crippen LogP contribution < -0.4 is 0 Å². The van der Waals surface area contributed by atoms with Crippen LogP contribution in [0.5, 0.6) is 0 Å². The maximum absolute atomic E-state index is 13.3. The Kier molecular flexibility index (Phi) is 6.21. The topological polar surface area (TPSA) is 90.8 Å². The van der Waals surface area contributed by atoms with Gasteiger partial charge in [0.2, 0.25) is 5.91 Å². The second-order valence-corrected chi connectivity index (χ2v) is 6.97. The zero-order valence-corrected chi connectivity index (χ0v) is 16.1. The molecule has 0 bridgehead atoms. The quantitative estimate of drug-likeness (QED) is 0.851. The average Bonchev–Trinajstić information content (AvgIpc) is 2.93. The molecule has 29 heavy (non-hydrogen) atoms. The summed E-state index contributed by atoms with van der Waals surface area (Å²) in [6, 6.07) is 8.76. The van der Waals surface area contributed by atoms with Crippen molar-refractivity contribution in [2.24, 2.45) is 0 Å². The van der Waals surface area contributed by atoms with Crippen LogP contribution in [0.2, 0.25) is 0 Å². The summed E-state index contributed by atoms with van der Waals surface area (Å²) in [4.78, 5) is 43.9. The van der Waals surface area contributed by atoms with Crippen molar-refractivity contribution in [2.75, 3.05) is 26.2 Å². The predicted molar refractivity (Wildman–Crippen MR) is 103 cm³/mol. The van der Waals surface area contributed by atoms with Crippen molar-refractivity contribution in [3.8, 4) is 0 Å². The molecule has 0 unspecified atom stereocenters. The fraction of sp³-hybridized carbons (Fsp3) is 0.333. The van der Waals surface area contributed by atoms with E-state index in [1.54, 1.807) is 28.9 Å². The Morgan fingerprint density at radius 2 is 1.79 bits per heavy atom. The van der Waals surface area contributed by atoms with Gasteiger partial charge in [0.25, 0.3) is 5.91 Å². The van der Waals surface area contributed by atoms with Gasteiger partial charge in [0, 0.05) is 26.2 Å². The molecule has 1 aromatic heterocycles. The van der Waals surface area contributed by atoms with Gasteiger partial charge >= 0.3 is 5.97 Å². The van der Waals surface area contributed by atoms with Gasteiger partial charge in [-0.25, -0.2) is 14.2 Å². The monoisotopic (exact) mass is 399 g/mol. The number of amides is 2. The van der Waals surface area contributed by atoms with Gasteiger partial charge in [0.1, 0.15) is 11.5 Å². The first kappa shape index (κ1) is 20.4. The van der Waals surface area contributed by atoms with Crippen LogP contribution in [0, 0.1) is 12.7 Å². The highest BCUT2D eigenvalue weighted by Gasteiger charge is 2.24. The Bertz CT molecular complexity index is 947. The molecule has 0 aliphatic carbocycles. The molecule has 1 saturated heterocycles. The third kappa shape index (κ3) is 4.96. The van der Waals surface area contributed by atoms with Crippen molar-refractivity contribution < 1.29 is 23.9 Å². The van der Waals surface area contributed by atoms with E-state index in [9.17, 15) is 18.8 Å². The Hall–Kier alpha value is -3.29. The van der Waals surface area contributed by atoms with E-state index in [4.69, 9.17) is 5.11 Å². The predicted octanol–water partition coefficient (Wildman–Crippen LogP) is 2.14. The summed E-state index contributed by atoms with van der Waals surface area (Å²) >= 11 is 0. The highest BCUT2D eigenvalue weighted by molar-refractivity contribution is 5.94. The van der Waals surface area contributed by atoms with Crippen LogP contribution in [0.1, 0.15) is 38.5 Å². The Balaban J connectivity index is 1.63. The van der Waals surface area contributed by atoms with Crippen LogP contribution in [0.15, 0.2) is 36.4 Å². The van der Waals surface area contributed by atoms with Gasteiger partial charge in [-0.05, 0) is 43.2 Å². The van der Waals surface area contributed by atoms with Crippen molar-refractivity contribution >= 4 is 17.8 Å². The summed E-state index contributed by atoms with van der Waals surface area (Å²) in [5, 5.41) is 9.09. The summed E-state index contributed by atoms with van der Waals surface area (Å²) in [6.07, 6.45) is 0.732. The number of carbonyl (C=O) groups is 3. The highest BCUT2D eigenvalue weighted by Crippen LogP contribution is 2.13. The molecule has 2 aromatic rings. The minimum Gasteiger partial charge on any atom is -0.478 e. The van der Waals surface area contributed by atoms with Crippen LogP contribution in [0.4, 0.5) is 4.39 Å². The lowest BCUT2D eigenvalue weighted by Crippen LogP contribution is -2.38. The van der Waals surface area contributed by atoms with E-state index in [0.717, 1.165) is 0 Å². The molecule has 1 fully saturated rings. The molecule has 1 aromatic carbocycles. The third-order valence-electron chi connectivity index (χ3n) is 4.92. The van der Waals surface area contributed by atoms with Crippen LogP contribution in [-0.4, -0.2) is 63.9 Å². The maximum atomic E-state index is 13.3. The number of aromatic carboxylic acids is 1. The van der Waals surface area contributed by atoms with E-state index in [0.29, 0.717) is 38.2 Å². The number of pyridine rings is 1. The molecular formula is C21H22FN3O4. The number of aromatic nitrogens is 1. The molecule has 2 heterocycles. The van der Waals surface area contributed by atoms with Crippen LogP contribution >= 0.6 is 0 Å². The number of carboxylic acids is 1. The van der Waals surface area contributed by atoms with E-state index in [2.05, 4.69) is 4.98 Å². The fourth-order valence-corrected chi connectivity index (χ4v) is 3.37. The molecule has 1 aliphatic rings. The smallest absolute Gasteiger partial charge is 0.337 e. The van der Waals surface area contributed by atoms with Gasteiger partial charge in [0.05, 0.1) is 17.7 Å². The van der Waals surface area contributed by atoms with E-state index in [1.807, 2.05) is 0 Å². The van der Waals surface area contributed by atoms with Crippen molar-refractivity contribution in [2.45, 2.75) is 19.8 Å². The number of aryl methyl sites for hydroxylation is 1. The van der Waals surface area contributed by atoms with Gasteiger partial charge in [-0.15, -0.1) is 0 Å². The van der Waals surface area contributed by atoms with Gasteiger partial charge in [-0.3, -0.25) is 9.59 Å². The third-order valence-corrected chi connectivity index (χ3v) is 4.92. The van der Waals surface area contributed by atoms with Gasteiger partial charge in [0.15, 0.2) is 0 Å². The number of hydrogen-bond acceptors (Lipinski definition) is 4. The number of rotatable bonds is 4. The summed E-state index contributed by atoms with van der Waals surface area (Å²) in [7, 11) is 0. The van der Waals surface area contributed by atoms with Crippen LogP contribution in [0.25, 0.3) is 0 Å². The SMILES string of the molecule is Cc1nc(C(=O)N2CCCN(C(=O)Cc3cccc(F)c3)CC2)ccc1C(=O)O. The number of carboxylic acid groups (broad SMARTS) is 1. The number of carbonyl (C=O) groups excluding carboxylic acids is 2. The summed E-state index contributed by atoms with van der Waals surface area (Å²) < 4.78 is 13.3. The number of benzene rings is 1. The molecule has 152 valence electrons. The Morgan fingerprint density at radius 1 is 1.07 bits per heavy atom. The standard InChI is InChI=1S/C21H22FN3O4/c1-14-17(21(28)29)6-7-18(23-14)20(27)25-9-3-8-24(10-11-25)19(26)13-15-4-2-5-16(22)12-15/h2,4-7,12H,3,8-11,13H2,1H3,(H,28,29). The molecule has 8 heteroatoms. The van der Waals surface area contributed by atoms with Crippen LogP contribution in [0.3, 0.4) is 0 Å². The first-order valence-corrected chi connectivity index (χ1v) is 9.37. The molecule has 1 aliphatic heterocycles. The first-order chi connectivity index (χ1) is 13.8. The fourth-order valence-electron chi connectivity index (χ4n) is 3.37. The number of nitrogens with zero attached hydrogens (tertiary/aromatic N) is 3. The molecule has 3 rings (SSSR count). The lowest BCUT2D eigenvalue weighted by atomic mass is 10.1. The zero-order chi connectivity index (χ0) is 21.0. The molecule has 0 saturated carbocycles. The average molecular weight is 399 g/mol. The van der Waals surface area contributed by atoms with E-state index in [1.165, 1.54) is 24.3 Å². The Morgan fingerprint density at radius 3 is 2.48 bits per heavy atom. The molecule has 0 radical (unpaired) electrons. The number of halogens is 1. The zero-order valence-electron chi connectivity index (χ0n) is 16.1. The van der Waals surface area contributed by atoms with Gasteiger partial charge in [-0.1, -0.05) is 12.1 Å². The van der Waals surface area contributed by atoms with Crippen molar-refractivity contribution in [1.29, 1.82) is 0 Å². The Labute approximate surface area is 167 Å². The molecular weight excluding hydrogens is 377 g/mol. The molecule has 7 nitrogen and oxygen atoms in total. The van der Waals surface area contributed by atoms with E-state index < -0.39 is 5.97 Å². The minimum atomic E-state index is -1.09. The summed E-state index contributed by atoms with van der Waals surface area (Å²) in [5.41, 5.74) is 1.15. The summed E-state index contributed by atoms with van der Waals surface area (Å²) in [6.45, 7) is 3.28. The lowest BCUT2D eigenvalue weighted by molar-refractivity contribution is -0.130. The van der Waals surface area contributed by atoms with Gasteiger partial charge < -0.3 is 14.9 Å².